The molecule has 0 fully saturated rings. The molecule has 2 aliphatic rings. The zero-order chi connectivity index (χ0) is 41.7. The molecule has 3 nitrogen and oxygen atoms in total. The lowest BCUT2D eigenvalue weighted by Gasteiger charge is -2.27. The van der Waals surface area contributed by atoms with Crippen molar-refractivity contribution < 1.29 is 9.47 Å². The third-order valence-corrected chi connectivity index (χ3v) is 13.1. The number of anilines is 3. The summed E-state index contributed by atoms with van der Waals surface area (Å²) in [6.45, 7) is 0. The van der Waals surface area contributed by atoms with Gasteiger partial charge in [0.15, 0.2) is 0 Å². The van der Waals surface area contributed by atoms with Crippen molar-refractivity contribution in [1.82, 2.24) is 0 Å². The first-order valence-electron chi connectivity index (χ1n) is 21.9. The van der Waals surface area contributed by atoms with Gasteiger partial charge in [0.25, 0.3) is 0 Å². The summed E-state index contributed by atoms with van der Waals surface area (Å²) in [4.78, 5) is 2.35. The van der Waals surface area contributed by atoms with Crippen LogP contribution in [0.2, 0.25) is 0 Å². The fraction of sp³-hybridized carbons (Fsp3) is 0.0667. The van der Waals surface area contributed by atoms with Crippen LogP contribution < -0.4 is 14.4 Å². The molecule has 0 aromatic heterocycles. The number of rotatable bonds is 8. The maximum atomic E-state index is 6.74. The normalized spacial score (nSPS) is 17.5. The Hall–Kier alpha value is -7.88. The van der Waals surface area contributed by atoms with Crippen molar-refractivity contribution in [2.24, 2.45) is 0 Å². The minimum absolute atomic E-state index is 0.0966. The Morgan fingerprint density at radius 3 is 1.25 bits per heavy atom. The van der Waals surface area contributed by atoms with E-state index < -0.39 is 0 Å². The van der Waals surface area contributed by atoms with Gasteiger partial charge in [-0.25, -0.2) is 0 Å². The van der Waals surface area contributed by atoms with E-state index >= 15 is 0 Å². The van der Waals surface area contributed by atoms with E-state index in [1.54, 1.807) is 0 Å². The van der Waals surface area contributed by atoms with Crippen LogP contribution in [-0.2, 0) is 0 Å². The molecule has 0 amide bonds. The van der Waals surface area contributed by atoms with Gasteiger partial charge in [-0.1, -0.05) is 182 Å². The lowest BCUT2D eigenvalue weighted by atomic mass is 9.85. The molecule has 0 saturated heterocycles. The molecule has 0 saturated carbocycles. The summed E-state index contributed by atoms with van der Waals surface area (Å²) in [5.41, 5.74) is 12.8. The molecule has 0 radical (unpaired) electrons. The largest absolute Gasteiger partial charge is 0.484 e. The zero-order valence-electron chi connectivity index (χ0n) is 34.6. The van der Waals surface area contributed by atoms with Crippen LogP contribution in [-0.4, -0.2) is 0 Å². The highest BCUT2D eigenvalue weighted by atomic mass is 16.5. The van der Waals surface area contributed by atoms with Crippen molar-refractivity contribution >= 4 is 38.6 Å². The Labute approximate surface area is 368 Å². The number of benzene rings is 10. The van der Waals surface area contributed by atoms with Gasteiger partial charge in [-0.3, -0.25) is 0 Å². The van der Waals surface area contributed by atoms with Crippen LogP contribution in [0.25, 0.3) is 32.7 Å². The Morgan fingerprint density at radius 2 is 0.730 bits per heavy atom. The summed E-state index contributed by atoms with van der Waals surface area (Å²) in [6, 6.07) is 85.1. The van der Waals surface area contributed by atoms with E-state index in [9.17, 15) is 0 Å². The number of hydrogen-bond donors (Lipinski definition) is 0. The van der Waals surface area contributed by atoms with Crippen LogP contribution in [0.3, 0.4) is 0 Å². The predicted molar refractivity (Wildman–Crippen MR) is 258 cm³/mol. The van der Waals surface area contributed by atoms with Crippen molar-refractivity contribution in [2.45, 2.75) is 24.0 Å². The molecule has 2 heterocycles. The number of fused-ring (bicyclic) bond motifs is 5. The quantitative estimate of drug-likeness (QED) is 0.143. The molecule has 63 heavy (non-hydrogen) atoms. The fourth-order valence-corrected chi connectivity index (χ4v) is 10.1. The summed E-state index contributed by atoms with van der Waals surface area (Å²) in [7, 11) is 0. The summed E-state index contributed by atoms with van der Waals surface area (Å²) in [6.07, 6.45) is -0.286. The van der Waals surface area contributed by atoms with Gasteiger partial charge in [-0.15, -0.1) is 0 Å². The molecule has 0 bridgehead atoms. The van der Waals surface area contributed by atoms with Crippen LogP contribution in [0.1, 0.15) is 57.4 Å². The van der Waals surface area contributed by atoms with Crippen molar-refractivity contribution in [1.29, 1.82) is 0 Å². The highest BCUT2D eigenvalue weighted by Gasteiger charge is 2.38. The standard InChI is InChI=1S/C60H43NO2/c1-3-15-41(16-4-1)57-52-23-11-13-25-55(52)62-59(57)43-29-35-47(36-30-43)61(46-33-27-40(28-34-46)54-39-45-19-7-8-20-49(45)50-21-9-10-22-51(50)54)48-37-31-44(32-38-48)60-58(42-17-5-2-6-18-42)53-24-12-14-26-56(53)63-60/h1-39,57-60H. The first kappa shape index (κ1) is 36.9. The Morgan fingerprint density at radius 1 is 0.317 bits per heavy atom. The van der Waals surface area contributed by atoms with Gasteiger partial charge in [0, 0.05) is 28.2 Å². The van der Waals surface area contributed by atoms with Crippen LogP contribution in [0.5, 0.6) is 11.5 Å². The topological polar surface area (TPSA) is 21.7 Å². The Balaban J connectivity index is 0.933. The van der Waals surface area contributed by atoms with E-state index in [2.05, 4.69) is 241 Å². The van der Waals surface area contributed by atoms with E-state index in [0.29, 0.717) is 0 Å². The monoisotopic (exact) mass is 809 g/mol. The summed E-state index contributed by atoms with van der Waals surface area (Å²) in [5.74, 6) is 2.09. The summed E-state index contributed by atoms with van der Waals surface area (Å²) in [5, 5.41) is 5.03. The average Bonchev–Trinajstić information content (AvgIpc) is 3.95. The average molecular weight is 810 g/mol. The molecule has 12 rings (SSSR count). The van der Waals surface area contributed by atoms with Crippen LogP contribution in [0.4, 0.5) is 17.1 Å². The molecule has 4 unspecified atom stereocenters. The molecule has 4 atom stereocenters. The van der Waals surface area contributed by atoms with Gasteiger partial charge >= 0.3 is 0 Å². The maximum Gasteiger partial charge on any atom is 0.135 e. The Bertz CT molecular complexity index is 3100. The highest BCUT2D eigenvalue weighted by molar-refractivity contribution is 6.13. The fourth-order valence-electron chi connectivity index (χ4n) is 10.1. The molecule has 3 heteroatoms. The zero-order valence-corrected chi connectivity index (χ0v) is 34.6. The van der Waals surface area contributed by atoms with E-state index in [1.165, 1.54) is 54.9 Å². The van der Waals surface area contributed by atoms with E-state index in [1.807, 2.05) is 0 Å². The van der Waals surface area contributed by atoms with Crippen LogP contribution >= 0.6 is 0 Å². The summed E-state index contributed by atoms with van der Waals surface area (Å²) < 4.78 is 13.5. The molecule has 300 valence electrons. The first-order chi connectivity index (χ1) is 31.2. The van der Waals surface area contributed by atoms with E-state index in [-0.39, 0.29) is 24.0 Å². The van der Waals surface area contributed by atoms with Gasteiger partial charge < -0.3 is 14.4 Å². The molecule has 0 aliphatic carbocycles. The SMILES string of the molecule is c1ccc(C2c3ccccc3OC2c2ccc(N(c3ccc(-c4cc5ccccc5c5ccccc45)cc3)c3ccc(C4Oc5ccccc5C4c4ccccc4)cc3)cc2)cc1. The summed E-state index contributed by atoms with van der Waals surface area (Å²) >= 11 is 0. The van der Waals surface area contributed by atoms with E-state index in [4.69, 9.17) is 9.47 Å². The van der Waals surface area contributed by atoms with Crippen molar-refractivity contribution in [3.8, 4) is 22.6 Å². The minimum atomic E-state index is -0.143. The lowest BCUT2D eigenvalue weighted by Crippen LogP contribution is -2.14. The second-order valence-corrected chi connectivity index (χ2v) is 16.7. The van der Waals surface area contributed by atoms with Crippen molar-refractivity contribution in [2.75, 3.05) is 4.90 Å². The molecular weight excluding hydrogens is 767 g/mol. The highest BCUT2D eigenvalue weighted by Crippen LogP contribution is 2.51. The van der Waals surface area contributed by atoms with Gasteiger partial charge in [0.05, 0.1) is 11.8 Å². The number of ether oxygens (including phenoxy) is 2. The smallest absolute Gasteiger partial charge is 0.135 e. The molecule has 2 aliphatic heterocycles. The number of para-hydroxylation sites is 2. The second kappa shape index (κ2) is 15.5. The minimum Gasteiger partial charge on any atom is -0.484 e. The maximum absolute atomic E-state index is 6.74. The molecule has 0 N–H and O–H groups in total. The third kappa shape index (κ3) is 6.52. The number of nitrogens with zero attached hydrogens (tertiary/aromatic N) is 1. The van der Waals surface area contributed by atoms with Gasteiger partial charge in [-0.05, 0) is 110 Å². The first-order valence-corrected chi connectivity index (χ1v) is 21.9. The Kier molecular flexibility index (Phi) is 9.11. The van der Waals surface area contributed by atoms with Crippen molar-refractivity contribution in [3.63, 3.8) is 0 Å². The van der Waals surface area contributed by atoms with Gasteiger partial charge in [0.2, 0.25) is 0 Å². The second-order valence-electron chi connectivity index (χ2n) is 16.7. The third-order valence-electron chi connectivity index (χ3n) is 13.1. The molecular formula is C60H43NO2. The van der Waals surface area contributed by atoms with Crippen molar-refractivity contribution in [3.05, 3.63) is 270 Å². The van der Waals surface area contributed by atoms with Crippen LogP contribution in [0.15, 0.2) is 237 Å². The predicted octanol–water partition coefficient (Wildman–Crippen LogP) is 15.7. The van der Waals surface area contributed by atoms with E-state index in [0.717, 1.165) is 39.7 Å². The number of hydrogen-bond acceptors (Lipinski definition) is 3. The lowest BCUT2D eigenvalue weighted by molar-refractivity contribution is 0.222. The van der Waals surface area contributed by atoms with Crippen LogP contribution in [0, 0.1) is 0 Å². The molecule has 10 aromatic carbocycles. The van der Waals surface area contributed by atoms with Gasteiger partial charge in [-0.2, -0.15) is 0 Å². The molecule has 10 aromatic rings. The van der Waals surface area contributed by atoms with Gasteiger partial charge in [0.1, 0.15) is 23.7 Å². The molecule has 0 spiro atoms.